The summed E-state index contributed by atoms with van der Waals surface area (Å²) in [7, 11) is 0. The summed E-state index contributed by atoms with van der Waals surface area (Å²) in [5, 5.41) is 11.2. The number of carbonyl (C=O) groups is 2. The number of nitrogens with zero attached hydrogens (tertiary/aromatic N) is 1. The van der Waals surface area contributed by atoms with Gasteiger partial charge in [-0.1, -0.05) is 45.9 Å². The van der Waals surface area contributed by atoms with Crippen molar-refractivity contribution in [1.82, 2.24) is 9.97 Å². The molecule has 0 saturated heterocycles. The lowest BCUT2D eigenvalue weighted by Gasteiger charge is -1.94. The predicted octanol–water partition coefficient (Wildman–Crippen LogP) is 4.61. The number of ketones is 1. The van der Waals surface area contributed by atoms with Gasteiger partial charge in [-0.3, -0.25) is 4.79 Å². The molecule has 2 aromatic heterocycles. The fourth-order valence-corrected chi connectivity index (χ4v) is 2.60. The minimum absolute atomic E-state index is 0.104. The minimum Gasteiger partial charge on any atom is -0.476 e. The van der Waals surface area contributed by atoms with Crippen LogP contribution in [0.4, 0.5) is 0 Å². The summed E-state index contributed by atoms with van der Waals surface area (Å²) < 4.78 is 0. The number of nitrogens with one attached hydrogen (secondary N) is 1. The number of fused-ring (bicyclic) bond motifs is 1. The summed E-state index contributed by atoms with van der Waals surface area (Å²) >= 11 is 1.04. The number of thiazole rings is 1. The van der Waals surface area contributed by atoms with Gasteiger partial charge in [0.15, 0.2) is 10.7 Å². The molecule has 0 saturated carbocycles. The fourth-order valence-electron chi connectivity index (χ4n) is 1.85. The number of carbonyl (C=O) groups excluding carboxylic acids is 1. The summed E-state index contributed by atoms with van der Waals surface area (Å²) in [6.07, 6.45) is 1.62. The number of rotatable bonds is 3. The minimum atomic E-state index is -1.13. The Hall–Kier alpha value is -2.47. The molecule has 1 aromatic carbocycles. The van der Waals surface area contributed by atoms with Crippen LogP contribution in [0.5, 0.6) is 0 Å². The summed E-state index contributed by atoms with van der Waals surface area (Å²) in [4.78, 5) is 29.9. The second-order valence-corrected chi connectivity index (χ2v) is 4.78. The number of aromatic amines is 1. The van der Waals surface area contributed by atoms with Crippen molar-refractivity contribution >= 4 is 34.0 Å². The fraction of sp³-hybridized carbons (Fsp3) is 0.235. The third kappa shape index (κ3) is 4.04. The zero-order chi connectivity index (χ0) is 17.4. The molecule has 0 fully saturated rings. The molecule has 23 heavy (non-hydrogen) atoms. The number of benzene rings is 1. The third-order valence-corrected chi connectivity index (χ3v) is 3.59. The highest BCUT2D eigenvalue weighted by Gasteiger charge is 2.19. The number of hydrogen-bond acceptors (Lipinski definition) is 4. The van der Waals surface area contributed by atoms with Crippen LogP contribution in [0.3, 0.4) is 0 Å². The maximum Gasteiger partial charge on any atom is 0.355 e. The van der Waals surface area contributed by atoms with Gasteiger partial charge in [0.2, 0.25) is 5.78 Å². The Morgan fingerprint density at radius 1 is 1.13 bits per heavy atom. The van der Waals surface area contributed by atoms with Crippen molar-refractivity contribution in [1.29, 1.82) is 0 Å². The molecule has 0 bridgehead atoms. The van der Waals surface area contributed by atoms with E-state index in [-0.39, 0.29) is 16.5 Å². The van der Waals surface area contributed by atoms with Crippen molar-refractivity contribution in [3.63, 3.8) is 0 Å². The number of aromatic nitrogens is 2. The number of carboxylic acids is 1. The topological polar surface area (TPSA) is 83.0 Å². The van der Waals surface area contributed by atoms with Crippen LogP contribution in [-0.4, -0.2) is 26.8 Å². The third-order valence-electron chi connectivity index (χ3n) is 2.75. The molecule has 0 spiro atoms. The number of aromatic carboxylic acids is 1. The quantitative estimate of drug-likeness (QED) is 0.686. The number of carboxylic acid groups (broad SMARTS) is 1. The number of hydrogen-bond donors (Lipinski definition) is 2. The van der Waals surface area contributed by atoms with Crippen LogP contribution in [0.15, 0.2) is 35.8 Å². The zero-order valence-corrected chi connectivity index (χ0v) is 14.4. The highest BCUT2D eigenvalue weighted by molar-refractivity contribution is 7.12. The highest BCUT2D eigenvalue weighted by atomic mass is 32.1. The van der Waals surface area contributed by atoms with E-state index >= 15 is 0 Å². The van der Waals surface area contributed by atoms with Gasteiger partial charge in [-0.25, -0.2) is 9.78 Å². The molecule has 2 heterocycles. The van der Waals surface area contributed by atoms with Gasteiger partial charge in [0.05, 0.1) is 5.56 Å². The van der Waals surface area contributed by atoms with Crippen molar-refractivity contribution in [3.8, 4) is 0 Å². The van der Waals surface area contributed by atoms with E-state index in [1.165, 1.54) is 5.38 Å². The second kappa shape index (κ2) is 8.85. The molecular formula is C17H20N2O3S. The smallest absolute Gasteiger partial charge is 0.355 e. The lowest BCUT2D eigenvalue weighted by Crippen LogP contribution is -2.02. The van der Waals surface area contributed by atoms with Gasteiger partial charge >= 0.3 is 5.97 Å². The molecule has 3 rings (SSSR count). The Morgan fingerprint density at radius 2 is 1.78 bits per heavy atom. The maximum atomic E-state index is 12.3. The van der Waals surface area contributed by atoms with Gasteiger partial charge < -0.3 is 10.1 Å². The van der Waals surface area contributed by atoms with Crippen LogP contribution in [0.1, 0.15) is 53.5 Å². The Balaban J connectivity index is 0.000000615. The van der Waals surface area contributed by atoms with Crippen molar-refractivity contribution in [2.45, 2.75) is 27.7 Å². The van der Waals surface area contributed by atoms with Crippen LogP contribution < -0.4 is 0 Å². The Morgan fingerprint density at radius 3 is 2.39 bits per heavy atom. The normalized spacial score (nSPS) is 9.39. The monoisotopic (exact) mass is 332 g/mol. The van der Waals surface area contributed by atoms with Gasteiger partial charge in [0, 0.05) is 22.5 Å². The molecule has 0 aliphatic carbocycles. The van der Waals surface area contributed by atoms with E-state index in [0.717, 1.165) is 22.2 Å². The van der Waals surface area contributed by atoms with E-state index in [9.17, 15) is 9.59 Å². The molecule has 5 nitrogen and oxygen atoms in total. The lowest BCUT2D eigenvalue weighted by molar-refractivity contribution is 0.0691. The van der Waals surface area contributed by atoms with E-state index < -0.39 is 5.97 Å². The molecule has 0 amide bonds. The van der Waals surface area contributed by atoms with E-state index in [0.29, 0.717) is 5.56 Å². The zero-order valence-electron chi connectivity index (χ0n) is 13.6. The summed E-state index contributed by atoms with van der Waals surface area (Å²) in [5.41, 5.74) is 1.26. The first-order chi connectivity index (χ1) is 11.2. The Kier molecular flexibility index (Phi) is 7.15. The first-order valence-corrected chi connectivity index (χ1v) is 8.34. The molecule has 0 atom stereocenters. The SMILES string of the molecule is CC.CC.O=C(O)c1csc(C(=O)c2c[nH]c3ccccc23)n1. The molecule has 6 heteroatoms. The molecule has 0 aliphatic rings. The van der Waals surface area contributed by atoms with Crippen LogP contribution in [0.2, 0.25) is 0 Å². The van der Waals surface area contributed by atoms with Crippen LogP contribution in [-0.2, 0) is 0 Å². The molecule has 0 radical (unpaired) electrons. The van der Waals surface area contributed by atoms with E-state index in [1.54, 1.807) is 6.20 Å². The van der Waals surface area contributed by atoms with Crippen LogP contribution in [0.25, 0.3) is 10.9 Å². The van der Waals surface area contributed by atoms with Gasteiger partial charge in [0.1, 0.15) is 0 Å². The molecule has 0 aliphatic heterocycles. The molecule has 122 valence electrons. The lowest BCUT2D eigenvalue weighted by atomic mass is 10.1. The van der Waals surface area contributed by atoms with Crippen LogP contribution in [0, 0.1) is 0 Å². The Bertz CT molecular complexity index is 790. The summed E-state index contributed by atoms with van der Waals surface area (Å²) in [6.45, 7) is 8.00. The molecule has 2 N–H and O–H groups in total. The average molecular weight is 332 g/mol. The number of para-hydroxylation sites is 1. The first-order valence-electron chi connectivity index (χ1n) is 7.46. The van der Waals surface area contributed by atoms with Crippen molar-refractivity contribution in [2.24, 2.45) is 0 Å². The first kappa shape index (κ1) is 18.6. The highest BCUT2D eigenvalue weighted by Crippen LogP contribution is 2.22. The molecule has 0 unspecified atom stereocenters. The summed E-state index contributed by atoms with van der Waals surface area (Å²) in [5.74, 6) is -1.40. The van der Waals surface area contributed by atoms with Crippen molar-refractivity contribution in [3.05, 3.63) is 52.1 Å². The van der Waals surface area contributed by atoms with Crippen molar-refractivity contribution < 1.29 is 14.7 Å². The van der Waals surface area contributed by atoms with Crippen LogP contribution >= 0.6 is 11.3 Å². The van der Waals surface area contributed by atoms with E-state index in [4.69, 9.17) is 5.11 Å². The average Bonchev–Trinajstić information content (AvgIpc) is 3.25. The van der Waals surface area contributed by atoms with Crippen molar-refractivity contribution in [2.75, 3.05) is 0 Å². The number of H-pyrrole nitrogens is 1. The largest absolute Gasteiger partial charge is 0.476 e. The van der Waals surface area contributed by atoms with E-state index in [1.807, 2.05) is 52.0 Å². The predicted molar refractivity (Wildman–Crippen MR) is 93.5 cm³/mol. The second-order valence-electron chi connectivity index (χ2n) is 3.92. The van der Waals surface area contributed by atoms with Gasteiger partial charge in [0.25, 0.3) is 0 Å². The van der Waals surface area contributed by atoms with Gasteiger partial charge in [-0.15, -0.1) is 11.3 Å². The Labute approximate surface area is 139 Å². The maximum absolute atomic E-state index is 12.3. The summed E-state index contributed by atoms with van der Waals surface area (Å²) in [6, 6.07) is 7.43. The molecule has 3 aromatic rings. The van der Waals surface area contributed by atoms with Gasteiger partial charge in [-0.05, 0) is 6.07 Å². The van der Waals surface area contributed by atoms with Gasteiger partial charge in [-0.2, -0.15) is 0 Å². The standard InChI is InChI=1S/C13H8N2O3S.2C2H6/c16-11(12-15-10(6-19-12)13(17)18)8-5-14-9-4-2-1-3-7(8)9;2*1-2/h1-6,14H,(H,17,18);2*1-2H3. The molecular weight excluding hydrogens is 312 g/mol. The van der Waals surface area contributed by atoms with E-state index in [2.05, 4.69) is 9.97 Å².